The number of carbonyl (C=O) groups is 2. The highest BCUT2D eigenvalue weighted by molar-refractivity contribution is 6.31. The summed E-state index contributed by atoms with van der Waals surface area (Å²) in [7, 11) is 0. The van der Waals surface area contributed by atoms with Crippen molar-refractivity contribution in [3.63, 3.8) is 0 Å². The molecule has 0 aliphatic carbocycles. The number of rotatable bonds is 5. The molecule has 0 unspecified atom stereocenters. The standard InChI is InChI=1S/C21H20ClNO3/c1-14-20(21(25)26-12-11-15-7-3-2-4-8-15)17(13-19(24)23-14)16-9-5-6-10-18(16)22/h2-10,17H,11-13H2,1H3,(H,23,24)/t17-/m1/s1. The van der Waals surface area contributed by atoms with Crippen molar-refractivity contribution in [2.24, 2.45) is 0 Å². The molecule has 26 heavy (non-hydrogen) atoms. The lowest BCUT2D eigenvalue weighted by molar-refractivity contribution is -0.139. The van der Waals surface area contributed by atoms with Crippen LogP contribution in [-0.4, -0.2) is 18.5 Å². The minimum atomic E-state index is -0.414. The summed E-state index contributed by atoms with van der Waals surface area (Å²) < 4.78 is 5.49. The van der Waals surface area contributed by atoms with E-state index in [4.69, 9.17) is 16.3 Å². The molecule has 2 aromatic carbocycles. The van der Waals surface area contributed by atoms with Gasteiger partial charge in [-0.15, -0.1) is 0 Å². The van der Waals surface area contributed by atoms with E-state index in [9.17, 15) is 9.59 Å². The quantitative estimate of drug-likeness (QED) is 0.810. The molecular weight excluding hydrogens is 350 g/mol. The Morgan fingerprint density at radius 3 is 2.58 bits per heavy atom. The molecule has 0 bridgehead atoms. The van der Waals surface area contributed by atoms with Crippen molar-refractivity contribution in [2.45, 2.75) is 25.7 Å². The average Bonchev–Trinajstić information content (AvgIpc) is 2.62. The Balaban J connectivity index is 1.78. The molecule has 134 valence electrons. The Hall–Kier alpha value is -2.59. The zero-order valence-electron chi connectivity index (χ0n) is 14.5. The molecule has 0 fully saturated rings. The van der Waals surface area contributed by atoms with Gasteiger partial charge in [0.1, 0.15) is 0 Å². The molecule has 1 N–H and O–H groups in total. The van der Waals surface area contributed by atoms with Crippen LogP contribution in [0, 0.1) is 0 Å². The van der Waals surface area contributed by atoms with Crippen LogP contribution in [0.25, 0.3) is 0 Å². The Kier molecular flexibility index (Phi) is 5.74. The van der Waals surface area contributed by atoms with Gasteiger partial charge < -0.3 is 10.1 Å². The van der Waals surface area contributed by atoms with E-state index in [0.717, 1.165) is 11.1 Å². The maximum absolute atomic E-state index is 12.7. The van der Waals surface area contributed by atoms with Crippen LogP contribution in [0.4, 0.5) is 0 Å². The van der Waals surface area contributed by atoms with E-state index in [-0.39, 0.29) is 18.9 Å². The van der Waals surface area contributed by atoms with Gasteiger partial charge in [0.15, 0.2) is 0 Å². The first-order valence-corrected chi connectivity index (χ1v) is 8.90. The molecule has 1 atom stereocenters. The summed E-state index contributed by atoms with van der Waals surface area (Å²) >= 11 is 6.30. The number of nitrogens with one attached hydrogen (secondary N) is 1. The van der Waals surface area contributed by atoms with Crippen LogP contribution in [-0.2, 0) is 20.7 Å². The summed E-state index contributed by atoms with van der Waals surface area (Å²) in [6.07, 6.45) is 0.812. The summed E-state index contributed by atoms with van der Waals surface area (Å²) in [6.45, 7) is 2.00. The molecule has 1 amide bonds. The molecule has 3 rings (SSSR count). The van der Waals surface area contributed by atoms with E-state index >= 15 is 0 Å². The fourth-order valence-electron chi connectivity index (χ4n) is 3.18. The SMILES string of the molecule is CC1=C(C(=O)OCCc2ccccc2)[C@@H](c2ccccc2Cl)CC(=O)N1. The molecular formula is C21H20ClNO3. The van der Waals surface area contributed by atoms with Gasteiger partial charge in [-0.3, -0.25) is 4.79 Å². The van der Waals surface area contributed by atoms with E-state index in [0.29, 0.717) is 22.7 Å². The van der Waals surface area contributed by atoms with Crippen LogP contribution < -0.4 is 5.32 Å². The van der Waals surface area contributed by atoms with E-state index in [1.807, 2.05) is 48.5 Å². The highest BCUT2D eigenvalue weighted by Gasteiger charge is 2.33. The number of benzene rings is 2. The van der Waals surface area contributed by atoms with E-state index in [2.05, 4.69) is 5.32 Å². The molecule has 2 aromatic rings. The first-order valence-electron chi connectivity index (χ1n) is 8.52. The smallest absolute Gasteiger partial charge is 0.336 e. The van der Waals surface area contributed by atoms with E-state index in [1.54, 1.807) is 13.0 Å². The van der Waals surface area contributed by atoms with Gasteiger partial charge in [-0.1, -0.05) is 60.1 Å². The Morgan fingerprint density at radius 2 is 1.85 bits per heavy atom. The zero-order valence-corrected chi connectivity index (χ0v) is 15.3. The number of hydrogen-bond acceptors (Lipinski definition) is 3. The van der Waals surface area contributed by atoms with Gasteiger partial charge in [-0.05, 0) is 24.1 Å². The maximum Gasteiger partial charge on any atom is 0.336 e. The third kappa shape index (κ3) is 4.14. The summed E-state index contributed by atoms with van der Waals surface area (Å²) in [6, 6.07) is 17.1. The number of allylic oxidation sites excluding steroid dienone is 1. The lowest BCUT2D eigenvalue weighted by Crippen LogP contribution is -2.34. The Morgan fingerprint density at radius 1 is 1.15 bits per heavy atom. The van der Waals surface area contributed by atoms with E-state index < -0.39 is 11.9 Å². The highest BCUT2D eigenvalue weighted by atomic mass is 35.5. The molecule has 4 nitrogen and oxygen atoms in total. The van der Waals surface area contributed by atoms with Crippen molar-refractivity contribution in [3.8, 4) is 0 Å². The average molecular weight is 370 g/mol. The summed E-state index contributed by atoms with van der Waals surface area (Å²) in [5.41, 5.74) is 2.85. The number of amides is 1. The second kappa shape index (κ2) is 8.19. The fraction of sp³-hybridized carbons (Fsp3) is 0.238. The predicted octanol–water partition coefficient (Wildman–Crippen LogP) is 4.00. The number of halogens is 1. The Labute approximate surface area is 157 Å². The number of hydrogen-bond donors (Lipinski definition) is 1. The Bertz CT molecular complexity index is 845. The van der Waals surface area contributed by atoms with Crippen molar-refractivity contribution in [1.82, 2.24) is 5.32 Å². The van der Waals surface area contributed by atoms with Crippen LogP contribution >= 0.6 is 11.6 Å². The maximum atomic E-state index is 12.7. The van der Waals surface area contributed by atoms with Gasteiger partial charge in [0, 0.05) is 29.5 Å². The van der Waals surface area contributed by atoms with Gasteiger partial charge in [0.25, 0.3) is 0 Å². The normalized spacial score (nSPS) is 17.0. The molecule has 5 heteroatoms. The molecule has 0 radical (unpaired) electrons. The fourth-order valence-corrected chi connectivity index (χ4v) is 3.45. The molecule has 0 spiro atoms. The number of esters is 1. The van der Waals surface area contributed by atoms with Crippen molar-refractivity contribution in [3.05, 3.63) is 82.0 Å². The third-order valence-corrected chi connectivity index (χ3v) is 4.78. The van der Waals surface area contributed by atoms with Crippen LogP contribution in [0.1, 0.15) is 30.4 Å². The summed E-state index contributed by atoms with van der Waals surface area (Å²) in [4.78, 5) is 24.7. The molecule has 1 aliphatic heterocycles. The predicted molar refractivity (Wildman–Crippen MR) is 101 cm³/mol. The largest absolute Gasteiger partial charge is 0.462 e. The molecule has 1 heterocycles. The topological polar surface area (TPSA) is 55.4 Å². The van der Waals surface area contributed by atoms with Crippen molar-refractivity contribution < 1.29 is 14.3 Å². The second-order valence-electron chi connectivity index (χ2n) is 6.24. The van der Waals surface area contributed by atoms with Crippen molar-refractivity contribution in [1.29, 1.82) is 0 Å². The molecule has 1 aliphatic rings. The summed E-state index contributed by atoms with van der Waals surface area (Å²) in [5.74, 6) is -0.946. The minimum absolute atomic E-state index is 0.131. The van der Waals surface area contributed by atoms with Crippen LogP contribution in [0.3, 0.4) is 0 Å². The number of carbonyl (C=O) groups excluding carboxylic acids is 2. The van der Waals surface area contributed by atoms with Gasteiger partial charge >= 0.3 is 5.97 Å². The van der Waals surface area contributed by atoms with Gasteiger partial charge in [-0.25, -0.2) is 4.79 Å². The van der Waals surface area contributed by atoms with Crippen LogP contribution in [0.2, 0.25) is 5.02 Å². The minimum Gasteiger partial charge on any atom is -0.462 e. The van der Waals surface area contributed by atoms with Gasteiger partial charge in [-0.2, -0.15) is 0 Å². The summed E-state index contributed by atoms with van der Waals surface area (Å²) in [5, 5.41) is 3.27. The van der Waals surface area contributed by atoms with Gasteiger partial charge in [0.2, 0.25) is 5.91 Å². The molecule has 0 aromatic heterocycles. The van der Waals surface area contributed by atoms with Crippen molar-refractivity contribution in [2.75, 3.05) is 6.61 Å². The third-order valence-electron chi connectivity index (χ3n) is 4.44. The van der Waals surface area contributed by atoms with Crippen molar-refractivity contribution >= 4 is 23.5 Å². The zero-order chi connectivity index (χ0) is 18.5. The first kappa shape index (κ1) is 18.2. The van der Waals surface area contributed by atoms with Gasteiger partial charge in [0.05, 0.1) is 12.2 Å². The second-order valence-corrected chi connectivity index (χ2v) is 6.64. The lowest BCUT2D eigenvalue weighted by atomic mass is 9.84. The monoisotopic (exact) mass is 369 g/mol. The molecule has 0 saturated carbocycles. The van der Waals surface area contributed by atoms with Crippen LogP contribution in [0.5, 0.6) is 0 Å². The molecule has 0 saturated heterocycles. The first-order chi connectivity index (χ1) is 12.6. The number of ether oxygens (including phenoxy) is 1. The lowest BCUT2D eigenvalue weighted by Gasteiger charge is -2.27. The van der Waals surface area contributed by atoms with Crippen LogP contribution in [0.15, 0.2) is 65.9 Å². The highest BCUT2D eigenvalue weighted by Crippen LogP contribution is 2.36. The van der Waals surface area contributed by atoms with E-state index in [1.165, 1.54) is 0 Å².